The second kappa shape index (κ2) is 8.08. The van der Waals surface area contributed by atoms with Crippen LogP contribution >= 0.6 is 11.8 Å². The van der Waals surface area contributed by atoms with Crippen LogP contribution in [-0.4, -0.2) is 23.0 Å². The van der Waals surface area contributed by atoms with Gasteiger partial charge >= 0.3 is 0 Å². The van der Waals surface area contributed by atoms with Gasteiger partial charge in [-0.15, -0.1) is 0 Å². The van der Waals surface area contributed by atoms with Crippen LogP contribution in [-0.2, 0) is 0 Å². The van der Waals surface area contributed by atoms with E-state index in [1.54, 1.807) is 0 Å². The fourth-order valence-corrected chi connectivity index (χ4v) is 3.44. The molecule has 0 aliphatic carbocycles. The summed E-state index contributed by atoms with van der Waals surface area (Å²) >= 11 is 1.90. The van der Waals surface area contributed by atoms with Crippen LogP contribution in [0, 0.1) is 5.92 Å². The van der Waals surface area contributed by atoms with Crippen molar-refractivity contribution in [3.05, 3.63) is 0 Å². The summed E-state index contributed by atoms with van der Waals surface area (Å²) in [7, 11) is 0. The zero-order chi connectivity index (χ0) is 13.4. The van der Waals surface area contributed by atoms with Crippen LogP contribution in [0.1, 0.15) is 66.2 Å². The first kappa shape index (κ1) is 15.9. The van der Waals surface area contributed by atoms with E-state index in [0.717, 1.165) is 12.5 Å². The normalized spacial score (nSPS) is 28.1. The number of nitrogens with zero attached hydrogens (tertiary/aromatic N) is 1. The first-order valence-electron chi connectivity index (χ1n) is 7.59. The molecule has 2 nitrogen and oxygen atoms in total. The van der Waals surface area contributed by atoms with Crippen LogP contribution in [0.5, 0.6) is 0 Å². The van der Waals surface area contributed by atoms with E-state index < -0.39 is 0 Å². The Morgan fingerprint density at radius 2 is 2.17 bits per heavy atom. The summed E-state index contributed by atoms with van der Waals surface area (Å²) in [6.45, 7) is 10.1. The fraction of sp³-hybridized carbons (Fsp3) is 0.933. The second-order valence-electron chi connectivity index (χ2n) is 5.70. The molecule has 2 unspecified atom stereocenters. The molecule has 0 aromatic heterocycles. The van der Waals surface area contributed by atoms with Crippen LogP contribution in [0.15, 0.2) is 4.99 Å². The summed E-state index contributed by atoms with van der Waals surface area (Å²) in [6.07, 6.45) is 7.66. The Bertz CT molecular complexity index is 265. The molecular formula is C15H30N2S. The van der Waals surface area contributed by atoms with E-state index in [1.165, 1.54) is 49.4 Å². The molecule has 0 amide bonds. The SMILES string of the molecule is CCCCC(CC)CN=C1NC(C)(CC)CCS1. The molecule has 1 saturated heterocycles. The molecule has 0 radical (unpaired) electrons. The van der Waals surface area contributed by atoms with Gasteiger partial charge in [-0.2, -0.15) is 0 Å². The van der Waals surface area contributed by atoms with Gasteiger partial charge in [-0.05, 0) is 32.1 Å². The van der Waals surface area contributed by atoms with Crippen LogP contribution in [0.2, 0.25) is 0 Å². The Kier molecular flexibility index (Phi) is 7.13. The van der Waals surface area contributed by atoms with Crippen molar-refractivity contribution in [3.63, 3.8) is 0 Å². The lowest BCUT2D eigenvalue weighted by molar-refractivity contribution is 0.388. The van der Waals surface area contributed by atoms with Gasteiger partial charge in [0.05, 0.1) is 0 Å². The monoisotopic (exact) mass is 270 g/mol. The van der Waals surface area contributed by atoms with Crippen molar-refractivity contribution in [3.8, 4) is 0 Å². The predicted octanol–water partition coefficient (Wildman–Crippen LogP) is 4.45. The Hall–Kier alpha value is -0.180. The summed E-state index contributed by atoms with van der Waals surface area (Å²) in [5, 5.41) is 4.81. The van der Waals surface area contributed by atoms with Gasteiger partial charge in [-0.25, -0.2) is 0 Å². The van der Waals surface area contributed by atoms with Crippen molar-refractivity contribution in [2.45, 2.75) is 71.8 Å². The molecule has 18 heavy (non-hydrogen) atoms. The highest BCUT2D eigenvalue weighted by Gasteiger charge is 2.27. The molecule has 1 fully saturated rings. The van der Waals surface area contributed by atoms with Gasteiger partial charge in [-0.1, -0.05) is 51.8 Å². The first-order valence-corrected chi connectivity index (χ1v) is 8.57. The van der Waals surface area contributed by atoms with E-state index in [-0.39, 0.29) is 5.54 Å². The number of rotatable bonds is 7. The number of unbranched alkanes of at least 4 members (excludes halogenated alkanes) is 1. The molecular weight excluding hydrogens is 240 g/mol. The predicted molar refractivity (Wildman–Crippen MR) is 84.5 cm³/mol. The summed E-state index contributed by atoms with van der Waals surface area (Å²) < 4.78 is 0. The molecule has 0 saturated carbocycles. The van der Waals surface area contributed by atoms with Crippen molar-refractivity contribution < 1.29 is 0 Å². The van der Waals surface area contributed by atoms with Crippen molar-refractivity contribution in [1.82, 2.24) is 5.32 Å². The van der Waals surface area contributed by atoms with E-state index in [1.807, 2.05) is 11.8 Å². The largest absolute Gasteiger partial charge is 0.360 e. The molecule has 1 rings (SSSR count). The number of hydrogen-bond donors (Lipinski definition) is 1. The van der Waals surface area contributed by atoms with E-state index >= 15 is 0 Å². The minimum atomic E-state index is 0.273. The Morgan fingerprint density at radius 3 is 2.78 bits per heavy atom. The molecule has 0 aromatic rings. The lowest BCUT2D eigenvalue weighted by Gasteiger charge is -2.35. The minimum Gasteiger partial charge on any atom is -0.360 e. The summed E-state index contributed by atoms with van der Waals surface area (Å²) in [6, 6.07) is 0. The molecule has 2 atom stereocenters. The lowest BCUT2D eigenvalue weighted by atomic mass is 9.96. The maximum Gasteiger partial charge on any atom is 0.156 e. The van der Waals surface area contributed by atoms with Crippen molar-refractivity contribution >= 4 is 16.9 Å². The zero-order valence-electron chi connectivity index (χ0n) is 12.6. The highest BCUT2D eigenvalue weighted by Crippen LogP contribution is 2.25. The molecule has 3 heteroatoms. The zero-order valence-corrected chi connectivity index (χ0v) is 13.4. The van der Waals surface area contributed by atoms with Crippen LogP contribution < -0.4 is 5.32 Å². The maximum absolute atomic E-state index is 4.82. The smallest absolute Gasteiger partial charge is 0.156 e. The quantitative estimate of drug-likeness (QED) is 0.739. The summed E-state index contributed by atoms with van der Waals surface area (Å²) in [5.74, 6) is 1.98. The van der Waals surface area contributed by atoms with Crippen molar-refractivity contribution in [2.24, 2.45) is 10.9 Å². The number of aliphatic imine (C=N–C) groups is 1. The highest BCUT2D eigenvalue weighted by atomic mass is 32.2. The van der Waals surface area contributed by atoms with Crippen molar-refractivity contribution in [2.75, 3.05) is 12.3 Å². The second-order valence-corrected chi connectivity index (χ2v) is 6.78. The highest BCUT2D eigenvalue weighted by molar-refractivity contribution is 8.13. The van der Waals surface area contributed by atoms with Crippen molar-refractivity contribution in [1.29, 1.82) is 0 Å². The fourth-order valence-electron chi connectivity index (χ4n) is 2.21. The molecule has 0 bridgehead atoms. The molecule has 1 heterocycles. The van der Waals surface area contributed by atoms with E-state index in [2.05, 4.69) is 33.0 Å². The number of nitrogens with one attached hydrogen (secondary N) is 1. The minimum absolute atomic E-state index is 0.273. The third-order valence-electron chi connectivity index (χ3n) is 4.12. The van der Waals surface area contributed by atoms with Gasteiger partial charge in [0.15, 0.2) is 5.17 Å². The summed E-state index contributed by atoms with van der Waals surface area (Å²) in [5.41, 5.74) is 0.273. The van der Waals surface area contributed by atoms with Crippen LogP contribution in [0.4, 0.5) is 0 Å². The molecule has 0 spiro atoms. The Labute approximate surface area is 117 Å². The van der Waals surface area contributed by atoms with Gasteiger partial charge in [0, 0.05) is 17.8 Å². The Balaban J connectivity index is 2.45. The topological polar surface area (TPSA) is 24.4 Å². The maximum atomic E-state index is 4.82. The average molecular weight is 270 g/mol. The van der Waals surface area contributed by atoms with Gasteiger partial charge < -0.3 is 5.32 Å². The number of hydrogen-bond acceptors (Lipinski definition) is 2. The molecule has 1 aliphatic rings. The van der Waals surface area contributed by atoms with Gasteiger partial charge in [0.25, 0.3) is 0 Å². The first-order chi connectivity index (χ1) is 8.63. The van der Waals surface area contributed by atoms with E-state index in [9.17, 15) is 0 Å². The van der Waals surface area contributed by atoms with Crippen LogP contribution in [0.25, 0.3) is 0 Å². The molecule has 1 aliphatic heterocycles. The molecule has 106 valence electrons. The van der Waals surface area contributed by atoms with E-state index in [4.69, 9.17) is 4.99 Å². The average Bonchev–Trinajstić information content (AvgIpc) is 2.39. The Morgan fingerprint density at radius 1 is 1.39 bits per heavy atom. The van der Waals surface area contributed by atoms with Gasteiger partial charge in [-0.3, -0.25) is 4.99 Å². The van der Waals surface area contributed by atoms with Gasteiger partial charge in [0.2, 0.25) is 0 Å². The number of thioether (sulfide) groups is 1. The third kappa shape index (κ3) is 5.21. The number of amidine groups is 1. The lowest BCUT2D eigenvalue weighted by Crippen LogP contribution is -2.48. The van der Waals surface area contributed by atoms with Crippen LogP contribution in [0.3, 0.4) is 0 Å². The van der Waals surface area contributed by atoms with E-state index in [0.29, 0.717) is 0 Å². The molecule has 0 aromatic carbocycles. The standard InChI is InChI=1S/C15H30N2S/c1-5-8-9-13(6-2)12-16-14-17-15(4,7-3)10-11-18-14/h13H,5-12H2,1-4H3,(H,16,17). The third-order valence-corrected chi connectivity index (χ3v) is 5.03. The summed E-state index contributed by atoms with van der Waals surface area (Å²) in [4.78, 5) is 4.82. The van der Waals surface area contributed by atoms with Gasteiger partial charge in [0.1, 0.15) is 0 Å². The molecule has 1 N–H and O–H groups in total.